The Hall–Kier alpha value is -0.730. The number of hydrogen-bond acceptors (Lipinski definition) is 1. The summed E-state index contributed by atoms with van der Waals surface area (Å²) in [6.45, 7) is 4.02. The number of nitrogens with one attached hydrogen (secondary N) is 2. The number of urea groups is 1. The predicted molar refractivity (Wildman–Crippen MR) is 35.2 cm³/mol. The second kappa shape index (κ2) is 2.25. The van der Waals surface area contributed by atoms with Gasteiger partial charge in [0.05, 0.1) is 0 Å². The molecule has 2 N–H and O–H groups in total. The molecule has 9 heavy (non-hydrogen) atoms. The molecular formula is C6H12N2O. The SMILES string of the molecule is CC1CC(C)NC(=O)N1. The van der Waals surface area contributed by atoms with Crippen molar-refractivity contribution in [3.63, 3.8) is 0 Å². The quantitative estimate of drug-likeness (QED) is 0.489. The van der Waals surface area contributed by atoms with E-state index in [9.17, 15) is 4.79 Å². The molecule has 52 valence electrons. The van der Waals surface area contributed by atoms with Gasteiger partial charge in [-0.25, -0.2) is 4.79 Å². The first-order valence-corrected chi connectivity index (χ1v) is 3.25. The van der Waals surface area contributed by atoms with Crippen LogP contribution in [0.2, 0.25) is 0 Å². The summed E-state index contributed by atoms with van der Waals surface area (Å²) in [6.07, 6.45) is 1.02. The normalized spacial score (nSPS) is 35.1. The Kier molecular flexibility index (Phi) is 1.60. The molecule has 1 rings (SSSR count). The highest BCUT2D eigenvalue weighted by Gasteiger charge is 2.18. The Morgan fingerprint density at radius 1 is 1.33 bits per heavy atom. The fourth-order valence-corrected chi connectivity index (χ4v) is 1.14. The van der Waals surface area contributed by atoms with Crippen LogP contribution in [0.1, 0.15) is 20.3 Å². The van der Waals surface area contributed by atoms with Gasteiger partial charge < -0.3 is 10.6 Å². The minimum atomic E-state index is -0.0405. The lowest BCUT2D eigenvalue weighted by Gasteiger charge is -2.26. The first kappa shape index (κ1) is 6.39. The van der Waals surface area contributed by atoms with Crippen LogP contribution in [-0.2, 0) is 0 Å². The molecule has 1 aliphatic rings. The first-order valence-electron chi connectivity index (χ1n) is 3.25. The van der Waals surface area contributed by atoms with E-state index in [1.54, 1.807) is 0 Å². The molecule has 0 spiro atoms. The van der Waals surface area contributed by atoms with E-state index in [-0.39, 0.29) is 6.03 Å². The van der Waals surface area contributed by atoms with E-state index < -0.39 is 0 Å². The fraction of sp³-hybridized carbons (Fsp3) is 0.833. The lowest BCUT2D eigenvalue weighted by Crippen LogP contribution is -2.52. The van der Waals surface area contributed by atoms with Crippen molar-refractivity contribution in [1.29, 1.82) is 0 Å². The van der Waals surface area contributed by atoms with Crippen LogP contribution in [-0.4, -0.2) is 18.1 Å². The summed E-state index contributed by atoms with van der Waals surface area (Å²) in [5, 5.41) is 5.52. The van der Waals surface area contributed by atoms with Gasteiger partial charge >= 0.3 is 6.03 Å². The van der Waals surface area contributed by atoms with E-state index >= 15 is 0 Å². The summed E-state index contributed by atoms with van der Waals surface area (Å²) in [5.74, 6) is 0. The molecule has 0 aromatic heterocycles. The zero-order valence-corrected chi connectivity index (χ0v) is 5.77. The lowest BCUT2D eigenvalue weighted by atomic mass is 10.1. The molecule has 1 saturated heterocycles. The van der Waals surface area contributed by atoms with Gasteiger partial charge in [0, 0.05) is 12.1 Å². The van der Waals surface area contributed by atoms with E-state index in [1.807, 2.05) is 13.8 Å². The molecule has 3 nitrogen and oxygen atoms in total. The maximum Gasteiger partial charge on any atom is 0.315 e. The number of amides is 2. The summed E-state index contributed by atoms with van der Waals surface area (Å²) in [6, 6.07) is 0.615. The first-order chi connectivity index (χ1) is 4.18. The van der Waals surface area contributed by atoms with Gasteiger partial charge in [0.25, 0.3) is 0 Å². The highest BCUT2D eigenvalue weighted by Crippen LogP contribution is 2.01. The molecule has 0 radical (unpaired) electrons. The van der Waals surface area contributed by atoms with Crippen molar-refractivity contribution >= 4 is 6.03 Å². The third kappa shape index (κ3) is 1.59. The van der Waals surface area contributed by atoms with Crippen LogP contribution >= 0.6 is 0 Å². The van der Waals surface area contributed by atoms with E-state index in [2.05, 4.69) is 10.6 Å². The van der Waals surface area contributed by atoms with Crippen LogP contribution in [0.4, 0.5) is 4.79 Å². The number of carbonyl (C=O) groups excluding carboxylic acids is 1. The minimum Gasteiger partial charge on any atom is -0.336 e. The Morgan fingerprint density at radius 2 is 1.78 bits per heavy atom. The van der Waals surface area contributed by atoms with Crippen LogP contribution in [0.5, 0.6) is 0 Å². The van der Waals surface area contributed by atoms with Crippen LogP contribution in [0, 0.1) is 0 Å². The van der Waals surface area contributed by atoms with E-state index in [1.165, 1.54) is 0 Å². The molecule has 0 aromatic rings. The molecule has 3 heteroatoms. The Balaban J connectivity index is 2.43. The smallest absolute Gasteiger partial charge is 0.315 e. The molecule has 0 bridgehead atoms. The monoisotopic (exact) mass is 128 g/mol. The van der Waals surface area contributed by atoms with Gasteiger partial charge in [0.2, 0.25) is 0 Å². The van der Waals surface area contributed by atoms with Gasteiger partial charge in [0.15, 0.2) is 0 Å². The van der Waals surface area contributed by atoms with Gasteiger partial charge in [-0.2, -0.15) is 0 Å². The van der Waals surface area contributed by atoms with Crippen molar-refractivity contribution in [1.82, 2.24) is 10.6 Å². The second-order valence-electron chi connectivity index (χ2n) is 2.66. The molecule has 0 saturated carbocycles. The van der Waals surface area contributed by atoms with E-state index in [0.717, 1.165) is 6.42 Å². The third-order valence-electron chi connectivity index (χ3n) is 1.46. The Bertz CT molecular complexity index is 112. The van der Waals surface area contributed by atoms with Crippen molar-refractivity contribution in [3.8, 4) is 0 Å². The van der Waals surface area contributed by atoms with Gasteiger partial charge in [0.1, 0.15) is 0 Å². The zero-order chi connectivity index (χ0) is 6.85. The lowest BCUT2D eigenvalue weighted by molar-refractivity contribution is 0.223. The molecule has 0 aromatic carbocycles. The van der Waals surface area contributed by atoms with Crippen molar-refractivity contribution in [3.05, 3.63) is 0 Å². The minimum absolute atomic E-state index is 0.0405. The Labute approximate surface area is 54.8 Å². The highest BCUT2D eigenvalue weighted by atomic mass is 16.2. The van der Waals surface area contributed by atoms with Crippen LogP contribution in [0.25, 0.3) is 0 Å². The molecule has 2 unspecified atom stereocenters. The maximum absolute atomic E-state index is 10.7. The third-order valence-corrected chi connectivity index (χ3v) is 1.46. The average Bonchev–Trinajstić information content (AvgIpc) is 1.59. The summed E-state index contributed by atoms with van der Waals surface area (Å²) in [5.41, 5.74) is 0. The maximum atomic E-state index is 10.7. The number of rotatable bonds is 0. The van der Waals surface area contributed by atoms with Gasteiger partial charge in [-0.1, -0.05) is 0 Å². The highest BCUT2D eigenvalue weighted by molar-refractivity contribution is 5.75. The standard InChI is InChI=1S/C6H12N2O/c1-4-3-5(2)8-6(9)7-4/h4-5H,3H2,1-2H3,(H2,7,8,9). The zero-order valence-electron chi connectivity index (χ0n) is 5.77. The Morgan fingerprint density at radius 3 is 2.11 bits per heavy atom. The topological polar surface area (TPSA) is 41.1 Å². The van der Waals surface area contributed by atoms with Crippen molar-refractivity contribution in [2.45, 2.75) is 32.4 Å². The van der Waals surface area contributed by atoms with Gasteiger partial charge in [-0.3, -0.25) is 0 Å². The summed E-state index contributed by atoms with van der Waals surface area (Å²) < 4.78 is 0. The predicted octanol–water partition coefficient (Wildman–Crippen LogP) is 0.466. The van der Waals surface area contributed by atoms with Crippen LogP contribution < -0.4 is 10.6 Å². The van der Waals surface area contributed by atoms with Crippen LogP contribution in [0.3, 0.4) is 0 Å². The molecule has 0 aliphatic carbocycles. The largest absolute Gasteiger partial charge is 0.336 e. The summed E-state index contributed by atoms with van der Waals surface area (Å²) in [7, 11) is 0. The van der Waals surface area contributed by atoms with Crippen molar-refractivity contribution in [2.75, 3.05) is 0 Å². The number of carbonyl (C=O) groups is 1. The van der Waals surface area contributed by atoms with Crippen molar-refractivity contribution in [2.24, 2.45) is 0 Å². The molecule has 1 aliphatic heterocycles. The fourth-order valence-electron chi connectivity index (χ4n) is 1.14. The van der Waals surface area contributed by atoms with Gasteiger partial charge in [-0.05, 0) is 20.3 Å². The summed E-state index contributed by atoms with van der Waals surface area (Å²) in [4.78, 5) is 10.7. The molecule has 1 fully saturated rings. The van der Waals surface area contributed by atoms with Crippen LogP contribution in [0.15, 0.2) is 0 Å². The van der Waals surface area contributed by atoms with E-state index in [4.69, 9.17) is 0 Å². The number of hydrogen-bond donors (Lipinski definition) is 2. The molecular weight excluding hydrogens is 116 g/mol. The van der Waals surface area contributed by atoms with Crippen molar-refractivity contribution < 1.29 is 4.79 Å². The molecule has 1 heterocycles. The van der Waals surface area contributed by atoms with Gasteiger partial charge in [-0.15, -0.1) is 0 Å². The average molecular weight is 128 g/mol. The second-order valence-corrected chi connectivity index (χ2v) is 2.66. The summed E-state index contributed by atoms with van der Waals surface area (Å²) >= 11 is 0. The molecule has 2 atom stereocenters. The van der Waals surface area contributed by atoms with E-state index in [0.29, 0.717) is 12.1 Å². The molecule has 2 amide bonds.